The van der Waals surface area contributed by atoms with Crippen LogP contribution in [-0.4, -0.2) is 24.9 Å². The Morgan fingerprint density at radius 1 is 1.47 bits per heavy atom. The van der Waals surface area contributed by atoms with E-state index in [1.54, 1.807) is 0 Å². The zero-order chi connectivity index (χ0) is 11.7. The Kier molecular flexibility index (Phi) is 7.91. The van der Waals surface area contributed by atoms with Crippen molar-refractivity contribution >= 4 is 12.3 Å². The van der Waals surface area contributed by atoms with Gasteiger partial charge in [-0.15, -0.1) is 0 Å². The molecule has 0 aromatic rings. The lowest BCUT2D eigenvalue weighted by molar-refractivity contribution is -0.146. The van der Waals surface area contributed by atoms with Crippen molar-refractivity contribution in [2.75, 3.05) is 6.61 Å². The number of nitrogens with two attached hydrogens (primary N) is 1. The first-order chi connectivity index (χ1) is 7.13. The molecule has 0 saturated carbocycles. The molecule has 1 unspecified atom stereocenters. The van der Waals surface area contributed by atoms with Crippen molar-refractivity contribution in [3.8, 4) is 0 Å². The van der Waals surface area contributed by atoms with Gasteiger partial charge in [0.15, 0.2) is 0 Å². The van der Waals surface area contributed by atoms with Gasteiger partial charge in [0.25, 0.3) is 0 Å². The molecule has 0 heterocycles. The summed E-state index contributed by atoms with van der Waals surface area (Å²) in [5.41, 5.74) is 5.68. The molecule has 0 aliphatic carbocycles. The van der Waals surface area contributed by atoms with Crippen molar-refractivity contribution in [1.29, 1.82) is 0 Å². The van der Waals surface area contributed by atoms with Gasteiger partial charge in [0.1, 0.15) is 12.3 Å². The summed E-state index contributed by atoms with van der Waals surface area (Å²) in [5.74, 6) is -0.192. The van der Waals surface area contributed by atoms with E-state index in [4.69, 9.17) is 10.5 Å². The second-order valence-corrected chi connectivity index (χ2v) is 3.74. The fourth-order valence-corrected chi connectivity index (χ4v) is 1.08. The summed E-state index contributed by atoms with van der Waals surface area (Å²) in [4.78, 5) is 21.4. The van der Waals surface area contributed by atoms with Gasteiger partial charge in [-0.25, -0.2) is 0 Å². The standard InChI is InChI=1S/C11H21NO3/c1-3-9(2)10(12)11(14)15-8-6-4-5-7-13/h7,9-10H,3-6,8,12H2,1-2H3/t9?,10-/m0/s1. The fraction of sp³-hybridized carbons (Fsp3) is 0.818. The topological polar surface area (TPSA) is 69.4 Å². The lowest BCUT2D eigenvalue weighted by Crippen LogP contribution is -2.38. The van der Waals surface area contributed by atoms with Crippen LogP contribution < -0.4 is 5.73 Å². The molecule has 2 N–H and O–H groups in total. The molecule has 0 bridgehead atoms. The maximum Gasteiger partial charge on any atom is 0.323 e. The van der Waals surface area contributed by atoms with Crippen molar-refractivity contribution in [2.24, 2.45) is 11.7 Å². The maximum atomic E-state index is 11.4. The SMILES string of the molecule is CCC(C)[C@H](N)C(=O)OCCCCC=O. The van der Waals surface area contributed by atoms with Crippen molar-refractivity contribution in [1.82, 2.24) is 0 Å². The molecule has 0 aromatic carbocycles. The first kappa shape index (κ1) is 14.1. The molecular formula is C11H21NO3. The largest absolute Gasteiger partial charge is 0.465 e. The first-order valence-electron chi connectivity index (χ1n) is 5.49. The summed E-state index contributed by atoms with van der Waals surface area (Å²) in [7, 11) is 0. The molecule has 15 heavy (non-hydrogen) atoms. The van der Waals surface area contributed by atoms with E-state index in [9.17, 15) is 9.59 Å². The zero-order valence-electron chi connectivity index (χ0n) is 9.57. The first-order valence-corrected chi connectivity index (χ1v) is 5.49. The number of carbonyl (C=O) groups excluding carboxylic acids is 2. The number of hydrogen-bond donors (Lipinski definition) is 1. The number of esters is 1. The van der Waals surface area contributed by atoms with Crippen molar-refractivity contribution in [3.05, 3.63) is 0 Å². The molecule has 0 aromatic heterocycles. The second-order valence-electron chi connectivity index (χ2n) is 3.74. The average molecular weight is 215 g/mol. The number of carbonyl (C=O) groups is 2. The highest BCUT2D eigenvalue weighted by atomic mass is 16.5. The summed E-state index contributed by atoms with van der Waals surface area (Å²) < 4.78 is 4.99. The van der Waals surface area contributed by atoms with Gasteiger partial charge in [-0.05, 0) is 18.8 Å². The van der Waals surface area contributed by atoms with Crippen LogP contribution in [0.25, 0.3) is 0 Å². The van der Waals surface area contributed by atoms with Gasteiger partial charge >= 0.3 is 5.97 Å². The fourth-order valence-electron chi connectivity index (χ4n) is 1.08. The Morgan fingerprint density at radius 3 is 2.67 bits per heavy atom. The van der Waals surface area contributed by atoms with Crippen molar-refractivity contribution in [2.45, 2.75) is 45.6 Å². The number of ether oxygens (including phenoxy) is 1. The minimum atomic E-state index is -0.527. The van der Waals surface area contributed by atoms with E-state index in [0.717, 1.165) is 25.5 Å². The normalized spacial score (nSPS) is 14.3. The Balaban J connectivity index is 3.60. The zero-order valence-corrected chi connectivity index (χ0v) is 9.57. The van der Waals surface area contributed by atoms with E-state index < -0.39 is 6.04 Å². The van der Waals surface area contributed by atoms with E-state index >= 15 is 0 Å². The van der Waals surface area contributed by atoms with Crippen molar-refractivity contribution < 1.29 is 14.3 Å². The van der Waals surface area contributed by atoms with Crippen LogP contribution in [0.3, 0.4) is 0 Å². The molecule has 0 aliphatic heterocycles. The number of aldehydes is 1. The second kappa shape index (κ2) is 8.41. The average Bonchev–Trinajstić information content (AvgIpc) is 2.26. The highest BCUT2D eigenvalue weighted by Gasteiger charge is 2.20. The van der Waals surface area contributed by atoms with E-state index in [0.29, 0.717) is 13.0 Å². The van der Waals surface area contributed by atoms with Crippen LogP contribution in [0.1, 0.15) is 39.5 Å². The third-order valence-electron chi connectivity index (χ3n) is 2.49. The minimum absolute atomic E-state index is 0.146. The Bertz CT molecular complexity index is 194. The molecule has 4 heteroatoms. The lowest BCUT2D eigenvalue weighted by Gasteiger charge is -2.16. The van der Waals surface area contributed by atoms with Crippen LogP contribution >= 0.6 is 0 Å². The van der Waals surface area contributed by atoms with Gasteiger partial charge < -0.3 is 15.3 Å². The van der Waals surface area contributed by atoms with E-state index in [2.05, 4.69) is 0 Å². The molecule has 0 amide bonds. The van der Waals surface area contributed by atoms with Gasteiger partial charge in [0, 0.05) is 6.42 Å². The van der Waals surface area contributed by atoms with Crippen molar-refractivity contribution in [3.63, 3.8) is 0 Å². The molecule has 0 fully saturated rings. The molecule has 0 rings (SSSR count). The predicted molar refractivity (Wildman–Crippen MR) is 58.3 cm³/mol. The Morgan fingerprint density at radius 2 is 2.13 bits per heavy atom. The Hall–Kier alpha value is -0.900. The van der Waals surface area contributed by atoms with Crippen LogP contribution in [0, 0.1) is 5.92 Å². The van der Waals surface area contributed by atoms with E-state index in [1.807, 2.05) is 13.8 Å². The van der Waals surface area contributed by atoms with Gasteiger partial charge in [-0.3, -0.25) is 4.79 Å². The van der Waals surface area contributed by atoms with Gasteiger partial charge in [0.05, 0.1) is 6.61 Å². The molecule has 88 valence electrons. The van der Waals surface area contributed by atoms with Crippen LogP contribution in [0.5, 0.6) is 0 Å². The van der Waals surface area contributed by atoms with Crippen LogP contribution in [0.15, 0.2) is 0 Å². The van der Waals surface area contributed by atoms with Gasteiger partial charge in [0.2, 0.25) is 0 Å². The number of hydrogen-bond acceptors (Lipinski definition) is 4. The highest BCUT2D eigenvalue weighted by Crippen LogP contribution is 2.07. The maximum absolute atomic E-state index is 11.4. The molecule has 2 atom stereocenters. The summed E-state index contributed by atoms with van der Waals surface area (Å²) in [6.07, 6.45) is 3.73. The van der Waals surface area contributed by atoms with E-state index in [-0.39, 0.29) is 11.9 Å². The van der Waals surface area contributed by atoms with Crippen LogP contribution in [-0.2, 0) is 14.3 Å². The number of unbranched alkanes of at least 4 members (excludes halogenated alkanes) is 2. The molecule has 0 spiro atoms. The quantitative estimate of drug-likeness (QED) is 0.376. The molecular weight excluding hydrogens is 194 g/mol. The van der Waals surface area contributed by atoms with Gasteiger partial charge in [-0.2, -0.15) is 0 Å². The summed E-state index contributed by atoms with van der Waals surface area (Å²) in [6.45, 7) is 4.27. The third-order valence-corrected chi connectivity index (χ3v) is 2.49. The number of rotatable bonds is 8. The van der Waals surface area contributed by atoms with Crippen LogP contribution in [0.2, 0.25) is 0 Å². The summed E-state index contributed by atoms with van der Waals surface area (Å²) in [5, 5.41) is 0. The molecule has 4 nitrogen and oxygen atoms in total. The lowest BCUT2D eigenvalue weighted by atomic mass is 10.0. The van der Waals surface area contributed by atoms with Crippen LogP contribution in [0.4, 0.5) is 0 Å². The Labute approximate surface area is 91.2 Å². The molecule has 0 aliphatic rings. The minimum Gasteiger partial charge on any atom is -0.465 e. The highest BCUT2D eigenvalue weighted by molar-refractivity contribution is 5.75. The smallest absolute Gasteiger partial charge is 0.323 e. The van der Waals surface area contributed by atoms with E-state index in [1.165, 1.54) is 0 Å². The summed E-state index contributed by atoms with van der Waals surface area (Å²) >= 11 is 0. The third kappa shape index (κ3) is 6.23. The predicted octanol–water partition coefficient (Wildman–Crippen LogP) is 1.27. The molecule has 0 saturated heterocycles. The monoisotopic (exact) mass is 215 g/mol. The molecule has 0 radical (unpaired) electrons. The summed E-state index contributed by atoms with van der Waals surface area (Å²) in [6, 6.07) is -0.527. The van der Waals surface area contributed by atoms with Gasteiger partial charge in [-0.1, -0.05) is 20.3 Å².